The maximum atomic E-state index is 12.2. The second-order valence-corrected chi connectivity index (χ2v) is 7.74. The van der Waals surface area contributed by atoms with Gasteiger partial charge in [0, 0.05) is 41.2 Å². The summed E-state index contributed by atoms with van der Waals surface area (Å²) < 4.78 is 8.47. The minimum Gasteiger partial charge on any atom is -0.466 e. The normalized spacial score (nSPS) is 19.3. The van der Waals surface area contributed by atoms with Crippen LogP contribution in [0.3, 0.4) is 0 Å². The Labute approximate surface area is 160 Å². The van der Waals surface area contributed by atoms with Crippen LogP contribution in [0.1, 0.15) is 11.4 Å². The molecule has 1 aromatic heterocycles. The highest BCUT2D eigenvalue weighted by Crippen LogP contribution is 2.32. The number of esters is 1. The van der Waals surface area contributed by atoms with Gasteiger partial charge in [0.2, 0.25) is 0 Å². The molecule has 1 fully saturated rings. The lowest BCUT2D eigenvalue weighted by Gasteiger charge is -2.26. The zero-order valence-corrected chi connectivity index (χ0v) is 15.8. The minimum atomic E-state index is -0.302. The molecule has 1 atom stereocenters. The summed E-state index contributed by atoms with van der Waals surface area (Å²) in [6, 6.07) is 10.4. The number of aromatic nitrogens is 1. The maximum absolute atomic E-state index is 12.2. The summed E-state index contributed by atoms with van der Waals surface area (Å²) in [5, 5.41) is 2.82. The van der Waals surface area contributed by atoms with E-state index in [1.54, 1.807) is 29.5 Å². The Hall–Kier alpha value is -2.16. The first-order valence-electron chi connectivity index (χ1n) is 8.26. The minimum absolute atomic E-state index is 0.207. The third kappa shape index (κ3) is 3.40. The number of benzene rings is 1. The number of thiazole rings is 1. The first-order chi connectivity index (χ1) is 12.8. The summed E-state index contributed by atoms with van der Waals surface area (Å²) in [4.78, 5) is 24.4. The van der Waals surface area contributed by atoms with Crippen molar-refractivity contribution in [2.75, 3.05) is 20.2 Å². The van der Waals surface area contributed by atoms with E-state index in [2.05, 4.69) is 31.7 Å². The highest BCUT2D eigenvalue weighted by molar-refractivity contribution is 7.97. The molecule has 8 heteroatoms. The van der Waals surface area contributed by atoms with Gasteiger partial charge in [0.25, 0.3) is 0 Å². The van der Waals surface area contributed by atoms with E-state index in [-0.39, 0.29) is 12.0 Å². The number of carbonyl (C=O) groups excluding carboxylic acids is 1. The fraction of sp³-hybridized carbons (Fsp3) is 0.278. The molecule has 2 aliphatic heterocycles. The van der Waals surface area contributed by atoms with Crippen LogP contribution in [0.2, 0.25) is 0 Å². The van der Waals surface area contributed by atoms with Gasteiger partial charge in [0.1, 0.15) is 0 Å². The van der Waals surface area contributed by atoms with Crippen LogP contribution in [0.25, 0.3) is 0 Å². The van der Waals surface area contributed by atoms with Gasteiger partial charge < -0.3 is 9.64 Å². The molecular weight excluding hydrogens is 368 g/mol. The molecule has 1 N–H and O–H groups in total. The van der Waals surface area contributed by atoms with Gasteiger partial charge in [0.05, 0.1) is 19.2 Å². The number of aliphatic imine (C=N–C) groups is 1. The molecule has 4 rings (SSSR count). The van der Waals surface area contributed by atoms with Gasteiger partial charge in [-0.15, -0.1) is 11.3 Å². The number of carbonyl (C=O) groups is 1. The number of nitrogens with zero attached hydrogens (tertiary/aromatic N) is 3. The molecular formula is C18H18N4O2S2. The van der Waals surface area contributed by atoms with Gasteiger partial charge in [-0.1, -0.05) is 18.2 Å². The van der Waals surface area contributed by atoms with Crippen LogP contribution in [0.4, 0.5) is 0 Å². The Bertz CT molecular complexity index is 849. The van der Waals surface area contributed by atoms with Crippen molar-refractivity contribution < 1.29 is 9.53 Å². The molecule has 26 heavy (non-hydrogen) atoms. The van der Waals surface area contributed by atoms with Gasteiger partial charge in [-0.3, -0.25) is 9.71 Å². The Kier molecular flexibility index (Phi) is 5.05. The monoisotopic (exact) mass is 386 g/mol. The number of ether oxygens (including phenoxy) is 1. The lowest BCUT2D eigenvalue weighted by atomic mass is 10.1. The fourth-order valence-electron chi connectivity index (χ4n) is 3.11. The number of amidine groups is 1. The van der Waals surface area contributed by atoms with Gasteiger partial charge in [0.15, 0.2) is 10.8 Å². The molecule has 0 radical (unpaired) electrons. The summed E-state index contributed by atoms with van der Waals surface area (Å²) >= 11 is 3.17. The topological polar surface area (TPSA) is 66.8 Å². The number of methoxy groups -OCH3 is 1. The highest BCUT2D eigenvalue weighted by atomic mass is 32.2. The summed E-state index contributed by atoms with van der Waals surface area (Å²) in [7, 11) is 1.41. The van der Waals surface area contributed by atoms with Crippen molar-refractivity contribution in [2.24, 2.45) is 4.99 Å². The molecule has 1 saturated heterocycles. The van der Waals surface area contributed by atoms with Crippen molar-refractivity contribution in [3.8, 4) is 0 Å². The highest BCUT2D eigenvalue weighted by Gasteiger charge is 2.37. The Morgan fingerprint density at radius 1 is 1.38 bits per heavy atom. The second kappa shape index (κ2) is 7.61. The lowest BCUT2D eigenvalue weighted by molar-refractivity contribution is -0.136. The van der Waals surface area contributed by atoms with E-state index in [9.17, 15) is 4.79 Å². The Morgan fingerprint density at radius 2 is 2.23 bits per heavy atom. The van der Waals surface area contributed by atoms with E-state index >= 15 is 0 Å². The van der Waals surface area contributed by atoms with Crippen LogP contribution in [0.15, 0.2) is 63.1 Å². The van der Waals surface area contributed by atoms with Crippen LogP contribution < -0.4 is 4.72 Å². The zero-order valence-electron chi connectivity index (χ0n) is 14.2. The van der Waals surface area contributed by atoms with Crippen molar-refractivity contribution >= 4 is 35.1 Å². The summed E-state index contributed by atoms with van der Waals surface area (Å²) in [5.41, 5.74) is 1.63. The predicted octanol–water partition coefficient (Wildman–Crippen LogP) is 2.70. The average molecular weight is 387 g/mol. The number of rotatable bonds is 5. The van der Waals surface area contributed by atoms with E-state index in [1.807, 2.05) is 23.6 Å². The second-order valence-electron chi connectivity index (χ2n) is 5.94. The molecule has 0 saturated carbocycles. The molecule has 134 valence electrons. The fourth-order valence-corrected chi connectivity index (χ4v) is 4.52. The average Bonchev–Trinajstić information content (AvgIpc) is 3.35. The van der Waals surface area contributed by atoms with Crippen molar-refractivity contribution in [1.29, 1.82) is 0 Å². The van der Waals surface area contributed by atoms with Gasteiger partial charge in [-0.25, -0.2) is 9.78 Å². The smallest absolute Gasteiger partial charge is 0.337 e. The van der Waals surface area contributed by atoms with Crippen molar-refractivity contribution in [3.63, 3.8) is 0 Å². The molecule has 0 bridgehead atoms. The molecule has 0 aliphatic carbocycles. The lowest BCUT2D eigenvalue weighted by Crippen LogP contribution is -2.36. The van der Waals surface area contributed by atoms with Gasteiger partial charge in [-0.2, -0.15) is 0 Å². The number of hydrogen-bond acceptors (Lipinski definition) is 8. The first-order valence-corrected chi connectivity index (χ1v) is 9.95. The summed E-state index contributed by atoms with van der Waals surface area (Å²) in [6.45, 7) is 1.08. The van der Waals surface area contributed by atoms with E-state index in [4.69, 9.17) is 4.74 Å². The number of fused-ring (bicyclic) bond motifs is 1. The molecule has 1 aromatic carbocycles. The Balaban J connectivity index is 1.55. The largest absolute Gasteiger partial charge is 0.466 e. The molecule has 6 nitrogen and oxygen atoms in total. The van der Waals surface area contributed by atoms with Crippen LogP contribution >= 0.6 is 23.3 Å². The molecule has 2 aliphatic rings. The number of hydrogen-bond donors (Lipinski definition) is 1. The van der Waals surface area contributed by atoms with E-state index in [0.717, 1.165) is 34.4 Å². The zero-order chi connectivity index (χ0) is 17.9. The predicted molar refractivity (Wildman–Crippen MR) is 103 cm³/mol. The summed E-state index contributed by atoms with van der Waals surface area (Å²) in [5.74, 6) is 0.542. The van der Waals surface area contributed by atoms with Crippen LogP contribution in [-0.2, 0) is 9.53 Å². The third-order valence-corrected chi connectivity index (χ3v) is 6.03. The van der Waals surface area contributed by atoms with Crippen LogP contribution in [0, 0.1) is 0 Å². The maximum Gasteiger partial charge on any atom is 0.337 e. The van der Waals surface area contributed by atoms with Gasteiger partial charge >= 0.3 is 5.97 Å². The van der Waals surface area contributed by atoms with Crippen LogP contribution in [-0.4, -0.2) is 47.9 Å². The van der Waals surface area contributed by atoms with Crippen molar-refractivity contribution in [2.45, 2.75) is 17.4 Å². The van der Waals surface area contributed by atoms with Crippen molar-refractivity contribution in [1.82, 2.24) is 14.6 Å². The standard InChI is InChI=1S/C18H18N4O2S2/c1-24-18(23)14-10-20-16(17-19-7-8-25-17)22-11-12(9-15(14)22)21-26-13-5-3-2-4-6-13/h2-8,12,21H,9-11H2,1H3/t12-/m0/s1. The third-order valence-electron chi connectivity index (χ3n) is 4.30. The quantitative estimate of drug-likeness (QED) is 0.630. The van der Waals surface area contributed by atoms with E-state index in [0.29, 0.717) is 12.1 Å². The van der Waals surface area contributed by atoms with Crippen LogP contribution in [0.5, 0.6) is 0 Å². The molecule has 0 unspecified atom stereocenters. The SMILES string of the molecule is COC(=O)C1=C2C[C@H](NSc3ccccc3)CN2C(c2nccs2)=NC1. The molecule has 2 aromatic rings. The molecule has 3 heterocycles. The van der Waals surface area contributed by atoms with E-state index < -0.39 is 0 Å². The van der Waals surface area contributed by atoms with Crippen molar-refractivity contribution in [3.05, 3.63) is 58.2 Å². The first kappa shape index (κ1) is 17.3. The summed E-state index contributed by atoms with van der Waals surface area (Å²) in [6.07, 6.45) is 2.54. The van der Waals surface area contributed by atoms with E-state index in [1.165, 1.54) is 7.11 Å². The molecule has 0 amide bonds. The molecule has 0 spiro atoms. The van der Waals surface area contributed by atoms with Gasteiger partial charge in [-0.05, 0) is 24.1 Å². The Morgan fingerprint density at radius 3 is 2.96 bits per heavy atom. The number of nitrogens with one attached hydrogen (secondary N) is 1.